The summed E-state index contributed by atoms with van der Waals surface area (Å²) < 4.78 is 42.8. The van der Waals surface area contributed by atoms with Crippen LogP contribution in [0, 0.1) is 12.7 Å². The minimum atomic E-state index is -4.04. The summed E-state index contributed by atoms with van der Waals surface area (Å²) in [5, 5.41) is 3.89. The Kier molecular flexibility index (Phi) is 5.61. The van der Waals surface area contributed by atoms with Gasteiger partial charge in [-0.25, -0.2) is 4.39 Å². The number of halogens is 1. The van der Waals surface area contributed by atoms with E-state index in [1.165, 1.54) is 24.3 Å². The number of oxime groups is 1. The lowest BCUT2D eigenvalue weighted by molar-refractivity contribution is 0.338. The topological polar surface area (TPSA) is 68.6 Å². The van der Waals surface area contributed by atoms with Crippen LogP contribution in [-0.4, -0.2) is 19.1 Å². The maximum Gasteiger partial charge on any atom is 0.358 e. The van der Waals surface area contributed by atoms with Gasteiger partial charge in [-0.05, 0) is 48.9 Å². The van der Waals surface area contributed by atoms with Crippen LogP contribution in [0.4, 0.5) is 4.39 Å². The van der Waals surface area contributed by atoms with Gasteiger partial charge in [0.15, 0.2) is 0 Å². The molecular weight excluding hydrogens is 367 g/mol. The summed E-state index contributed by atoms with van der Waals surface area (Å²) in [5.41, 5.74) is 2.75. The number of benzene rings is 2. The van der Waals surface area contributed by atoms with Crippen LogP contribution in [-0.2, 0) is 20.8 Å². The van der Waals surface area contributed by atoms with Gasteiger partial charge in [0, 0.05) is 24.4 Å². The predicted octanol–water partition coefficient (Wildman–Crippen LogP) is 3.88. The summed E-state index contributed by atoms with van der Waals surface area (Å²) in [6, 6.07) is 15.6. The van der Waals surface area contributed by atoms with E-state index in [2.05, 4.69) is 10.1 Å². The molecule has 0 aliphatic heterocycles. The zero-order valence-corrected chi connectivity index (χ0v) is 15.4. The first kappa shape index (κ1) is 18.7. The van der Waals surface area contributed by atoms with Crippen molar-refractivity contribution in [3.8, 4) is 0 Å². The van der Waals surface area contributed by atoms with E-state index in [0.717, 1.165) is 11.1 Å². The Bertz CT molecular complexity index is 1030. The van der Waals surface area contributed by atoms with Gasteiger partial charge in [0.05, 0.1) is 5.71 Å². The second kappa shape index (κ2) is 8.09. The fourth-order valence-corrected chi connectivity index (χ4v) is 3.11. The SMILES string of the molecule is Cc1ccc(S(=O)(=O)ON=C(Cc2ccc(F)cc2)c2ccncc2)cc1. The second-order valence-electron chi connectivity index (χ2n) is 5.92. The lowest BCUT2D eigenvalue weighted by Crippen LogP contribution is -2.10. The van der Waals surface area contributed by atoms with E-state index in [-0.39, 0.29) is 17.1 Å². The van der Waals surface area contributed by atoms with Crippen molar-refractivity contribution in [1.29, 1.82) is 0 Å². The molecule has 0 saturated carbocycles. The molecule has 0 N–H and O–H groups in total. The van der Waals surface area contributed by atoms with E-state index < -0.39 is 10.1 Å². The van der Waals surface area contributed by atoms with Crippen LogP contribution in [0.3, 0.4) is 0 Å². The first-order chi connectivity index (χ1) is 12.9. The quantitative estimate of drug-likeness (QED) is 0.478. The maximum absolute atomic E-state index is 13.1. The summed E-state index contributed by atoms with van der Waals surface area (Å²) in [4.78, 5) is 3.97. The molecule has 5 nitrogen and oxygen atoms in total. The summed E-state index contributed by atoms with van der Waals surface area (Å²) >= 11 is 0. The highest BCUT2D eigenvalue weighted by Gasteiger charge is 2.16. The van der Waals surface area contributed by atoms with Crippen LogP contribution < -0.4 is 0 Å². The molecule has 1 heterocycles. The Morgan fingerprint density at radius 1 is 1.00 bits per heavy atom. The molecule has 0 unspecified atom stereocenters. The van der Waals surface area contributed by atoms with Crippen LogP contribution in [0.2, 0.25) is 0 Å². The Hall–Kier alpha value is -3.06. The highest BCUT2D eigenvalue weighted by molar-refractivity contribution is 7.86. The van der Waals surface area contributed by atoms with E-state index in [1.807, 2.05) is 6.92 Å². The Morgan fingerprint density at radius 2 is 1.63 bits per heavy atom. The second-order valence-corrected chi connectivity index (χ2v) is 7.45. The van der Waals surface area contributed by atoms with Crippen LogP contribution in [0.25, 0.3) is 0 Å². The molecule has 27 heavy (non-hydrogen) atoms. The minimum Gasteiger partial charge on any atom is -0.265 e. The predicted molar refractivity (Wildman–Crippen MR) is 100 cm³/mol. The fourth-order valence-electron chi connectivity index (χ4n) is 2.37. The lowest BCUT2D eigenvalue weighted by Gasteiger charge is -2.08. The summed E-state index contributed by atoms with van der Waals surface area (Å²) in [6.45, 7) is 1.86. The molecule has 0 saturated heterocycles. The minimum absolute atomic E-state index is 0.0210. The van der Waals surface area contributed by atoms with Crippen molar-refractivity contribution in [2.24, 2.45) is 5.16 Å². The highest BCUT2D eigenvalue weighted by atomic mass is 32.2. The van der Waals surface area contributed by atoms with Gasteiger partial charge in [-0.1, -0.05) is 35.0 Å². The zero-order valence-electron chi connectivity index (χ0n) is 14.5. The van der Waals surface area contributed by atoms with Gasteiger partial charge in [-0.3, -0.25) is 9.27 Å². The summed E-state index contributed by atoms with van der Waals surface area (Å²) in [7, 11) is -4.04. The largest absolute Gasteiger partial charge is 0.358 e. The van der Waals surface area contributed by atoms with Gasteiger partial charge in [-0.2, -0.15) is 8.42 Å². The van der Waals surface area contributed by atoms with Crippen molar-refractivity contribution < 1.29 is 17.1 Å². The molecule has 3 aromatic rings. The van der Waals surface area contributed by atoms with Gasteiger partial charge < -0.3 is 0 Å². The lowest BCUT2D eigenvalue weighted by atomic mass is 10.0. The van der Waals surface area contributed by atoms with Crippen molar-refractivity contribution in [3.63, 3.8) is 0 Å². The number of hydrogen-bond acceptors (Lipinski definition) is 5. The molecule has 0 spiro atoms. The standard InChI is InChI=1S/C20H17FN2O3S/c1-15-2-8-19(9-3-15)27(24,25)26-23-20(17-10-12-22-13-11-17)14-16-4-6-18(21)7-5-16/h2-13H,14H2,1H3. The summed E-state index contributed by atoms with van der Waals surface area (Å²) in [5.74, 6) is -0.348. The molecule has 138 valence electrons. The van der Waals surface area contributed by atoms with Crippen LogP contribution in [0.15, 0.2) is 83.1 Å². The molecule has 3 rings (SSSR count). The first-order valence-corrected chi connectivity index (χ1v) is 9.57. The molecule has 0 fully saturated rings. The average molecular weight is 384 g/mol. The van der Waals surface area contributed by atoms with Crippen molar-refractivity contribution >= 4 is 15.8 Å². The van der Waals surface area contributed by atoms with Gasteiger partial charge in [-0.15, -0.1) is 0 Å². The van der Waals surface area contributed by atoms with Gasteiger partial charge in [0.25, 0.3) is 0 Å². The highest BCUT2D eigenvalue weighted by Crippen LogP contribution is 2.15. The number of aryl methyl sites for hydroxylation is 1. The number of rotatable bonds is 6. The molecule has 0 aliphatic carbocycles. The zero-order chi connectivity index (χ0) is 19.3. The third kappa shape index (κ3) is 4.98. The van der Waals surface area contributed by atoms with Crippen molar-refractivity contribution in [1.82, 2.24) is 4.98 Å². The molecular formula is C20H17FN2O3S. The Morgan fingerprint density at radius 3 is 2.26 bits per heavy atom. The van der Waals surface area contributed by atoms with Crippen molar-refractivity contribution in [2.75, 3.05) is 0 Å². The molecule has 2 aromatic carbocycles. The van der Waals surface area contributed by atoms with Crippen molar-refractivity contribution in [3.05, 3.63) is 95.6 Å². The number of aromatic nitrogens is 1. The molecule has 0 radical (unpaired) electrons. The molecule has 1 aromatic heterocycles. The van der Waals surface area contributed by atoms with Crippen LogP contribution in [0.5, 0.6) is 0 Å². The van der Waals surface area contributed by atoms with E-state index in [0.29, 0.717) is 11.3 Å². The van der Waals surface area contributed by atoms with Crippen LogP contribution in [0.1, 0.15) is 16.7 Å². The third-order valence-corrected chi connectivity index (χ3v) is 4.97. The van der Waals surface area contributed by atoms with E-state index >= 15 is 0 Å². The molecule has 0 atom stereocenters. The number of nitrogens with zero attached hydrogens (tertiary/aromatic N) is 2. The third-order valence-electron chi connectivity index (χ3n) is 3.85. The molecule has 0 aliphatic rings. The van der Waals surface area contributed by atoms with Crippen molar-refractivity contribution in [2.45, 2.75) is 18.2 Å². The first-order valence-electron chi connectivity index (χ1n) is 8.16. The number of hydrogen-bond donors (Lipinski definition) is 0. The Balaban J connectivity index is 1.90. The monoisotopic (exact) mass is 384 g/mol. The molecule has 0 bridgehead atoms. The fraction of sp³-hybridized carbons (Fsp3) is 0.100. The van der Waals surface area contributed by atoms with E-state index in [4.69, 9.17) is 4.28 Å². The van der Waals surface area contributed by atoms with Gasteiger partial charge >= 0.3 is 10.1 Å². The smallest absolute Gasteiger partial charge is 0.265 e. The Labute approximate surface area is 157 Å². The molecule has 7 heteroatoms. The average Bonchev–Trinajstić information content (AvgIpc) is 2.68. The normalized spacial score (nSPS) is 12.0. The maximum atomic E-state index is 13.1. The van der Waals surface area contributed by atoms with E-state index in [1.54, 1.807) is 48.8 Å². The summed E-state index contributed by atoms with van der Waals surface area (Å²) in [6.07, 6.45) is 3.42. The number of pyridine rings is 1. The van der Waals surface area contributed by atoms with Gasteiger partial charge in [0.2, 0.25) is 0 Å². The van der Waals surface area contributed by atoms with Gasteiger partial charge in [0.1, 0.15) is 10.7 Å². The van der Waals surface area contributed by atoms with E-state index in [9.17, 15) is 12.8 Å². The van der Waals surface area contributed by atoms with Crippen LogP contribution >= 0.6 is 0 Å². The molecule has 0 amide bonds.